The number of allylic oxidation sites excluding steroid dienone is 5. The summed E-state index contributed by atoms with van der Waals surface area (Å²) in [6.07, 6.45) is 13.5. The van der Waals surface area contributed by atoms with Crippen molar-refractivity contribution in [2.24, 2.45) is 35.3 Å². The summed E-state index contributed by atoms with van der Waals surface area (Å²) < 4.78 is 23.9. The van der Waals surface area contributed by atoms with Crippen LogP contribution in [0.5, 0.6) is 0 Å². The molecule has 8 unspecified atom stereocenters. The van der Waals surface area contributed by atoms with Gasteiger partial charge in [-0.15, -0.1) is 0 Å². The lowest BCUT2D eigenvalue weighted by atomic mass is 9.78. The van der Waals surface area contributed by atoms with Gasteiger partial charge >= 0.3 is 5.97 Å². The number of aliphatic hydroxyl groups excluding tert-OH is 2. The molecular weight excluding hydrogens is 905 g/mol. The standard InChI is InChI=1S/C56H82N4O11/c1-34-14-10-9-11-15-35(2)45(59-43-22-18-40(33-57)19-23-43)32-44-24-17-39(6)56(67,71-44)53(64)54(65)60-27-13-12-16-46(60)55(66)70-48(36(3)29-41-20-25-47(61)49(31-41)68-7)26-21-42(58)30-38(5)51(63)52(69-8)50(62)37(4)28-34/h9-11,14-15,18-19,22-23,30,34,36-37,39,41-42,44-49,51-52,59,61,63,67H,12-13,16-17,20-21,24-29,31-32,58H2,1-8H3/b11-9+,14-10+,35-15+,38-30+/t34-,36-,37?,39?,41?,42+,44?,45-,46?,47-,48+,49?,51?,52+,56?/m1/s1. The molecule has 15 nitrogen and oxygen atoms in total. The van der Waals surface area contributed by atoms with Gasteiger partial charge in [-0.25, -0.2) is 4.79 Å². The first-order chi connectivity index (χ1) is 33.8. The number of hydrogen-bond acceptors (Lipinski definition) is 14. The fourth-order valence-corrected chi connectivity index (χ4v) is 10.9. The summed E-state index contributed by atoms with van der Waals surface area (Å²) in [5.41, 5.74) is 9.35. The van der Waals surface area contributed by atoms with Gasteiger partial charge in [0.1, 0.15) is 24.4 Å². The van der Waals surface area contributed by atoms with E-state index in [-0.39, 0.29) is 48.6 Å². The van der Waals surface area contributed by atoms with Crippen LogP contribution in [0.25, 0.3) is 0 Å². The van der Waals surface area contributed by atoms with Gasteiger partial charge in [-0.1, -0.05) is 69.7 Å². The minimum absolute atomic E-state index is 0.0145. The predicted octanol–water partition coefficient (Wildman–Crippen LogP) is 7.03. The van der Waals surface area contributed by atoms with E-state index >= 15 is 0 Å². The number of ether oxygens (including phenoxy) is 4. The topological polar surface area (TPSA) is 231 Å². The first-order valence-corrected chi connectivity index (χ1v) is 25.9. The fourth-order valence-electron chi connectivity index (χ4n) is 10.9. The summed E-state index contributed by atoms with van der Waals surface area (Å²) in [6, 6.07) is 7.17. The van der Waals surface area contributed by atoms with Crippen molar-refractivity contribution in [2.45, 2.75) is 186 Å². The molecule has 2 bridgehead atoms. The van der Waals surface area contributed by atoms with Crippen molar-refractivity contribution in [1.29, 1.82) is 5.26 Å². The average molecular weight is 987 g/mol. The minimum Gasteiger partial charge on any atom is -0.461 e. The molecule has 3 heterocycles. The van der Waals surface area contributed by atoms with Gasteiger partial charge in [0.05, 0.1) is 29.9 Å². The Morgan fingerprint density at radius 3 is 2.32 bits per heavy atom. The highest BCUT2D eigenvalue weighted by Crippen LogP contribution is 2.38. The van der Waals surface area contributed by atoms with Crippen molar-refractivity contribution in [3.05, 3.63) is 77.4 Å². The number of anilines is 1. The summed E-state index contributed by atoms with van der Waals surface area (Å²) in [5, 5.41) is 47.1. The highest BCUT2D eigenvalue weighted by molar-refractivity contribution is 6.39. The number of fused-ring (bicyclic) bond motifs is 3. The van der Waals surface area contributed by atoms with E-state index in [4.69, 9.17) is 24.7 Å². The first kappa shape index (κ1) is 57.4. The SMILES string of the molecule is COC1CC(C[C@@H](C)[C@@H]2CC[C@H](N)/C=C(\C)C(O)[C@@H](OC)C(=O)C(C)C[C@H](C)/C=C/C=C/C=C(\C)[C@H](Nc3ccc(C#N)cc3)CC3CCC(C)C(O)(O3)C(=O)C(=O)N3CCCCC3C(=O)O2)CC[C@H]1O. The maximum absolute atomic E-state index is 14.5. The number of ketones is 2. The van der Waals surface area contributed by atoms with Crippen LogP contribution in [-0.4, -0.2) is 125 Å². The van der Waals surface area contributed by atoms with E-state index < -0.39 is 77.9 Å². The van der Waals surface area contributed by atoms with E-state index in [9.17, 15) is 39.8 Å². The normalized spacial score (nSPS) is 37.7. The zero-order valence-corrected chi connectivity index (χ0v) is 43.3. The molecule has 1 amide bonds. The zero-order chi connectivity index (χ0) is 52.0. The maximum Gasteiger partial charge on any atom is 0.329 e. The number of Topliss-reactive ketones (excluding diaryl/α,β-unsaturated/α-hetero) is 2. The molecule has 392 valence electrons. The Morgan fingerprint density at radius 1 is 0.901 bits per heavy atom. The fraction of sp³-hybridized carbons (Fsp3) is 0.661. The number of benzene rings is 1. The van der Waals surface area contributed by atoms with Gasteiger partial charge in [0.2, 0.25) is 5.79 Å². The number of carbonyl (C=O) groups excluding carboxylic acids is 4. The van der Waals surface area contributed by atoms with Gasteiger partial charge in [-0.05, 0) is 145 Å². The molecule has 1 saturated carbocycles. The molecule has 15 atom stereocenters. The smallest absolute Gasteiger partial charge is 0.329 e. The molecule has 2 saturated heterocycles. The number of amides is 1. The monoisotopic (exact) mass is 987 g/mol. The van der Waals surface area contributed by atoms with Gasteiger partial charge in [0.15, 0.2) is 5.78 Å². The summed E-state index contributed by atoms with van der Waals surface area (Å²) in [6.45, 7) is 11.3. The van der Waals surface area contributed by atoms with Crippen molar-refractivity contribution in [2.75, 3.05) is 26.1 Å². The number of nitrogens with one attached hydrogen (secondary N) is 1. The number of piperidine rings is 1. The third-order valence-corrected chi connectivity index (χ3v) is 15.5. The molecule has 1 aromatic rings. The second-order valence-electron chi connectivity index (χ2n) is 21.0. The molecule has 5 rings (SSSR count). The number of aliphatic hydroxyl groups is 3. The molecule has 0 aromatic heterocycles. The molecule has 0 radical (unpaired) electrons. The lowest BCUT2D eigenvalue weighted by molar-refractivity contribution is -0.263. The van der Waals surface area contributed by atoms with Crippen LogP contribution in [0.4, 0.5) is 5.69 Å². The molecule has 0 spiro atoms. The number of rotatable bonds is 7. The highest BCUT2D eigenvalue weighted by Gasteiger charge is 2.53. The quantitative estimate of drug-likeness (QED) is 0.105. The van der Waals surface area contributed by atoms with Crippen molar-refractivity contribution in [3.8, 4) is 6.07 Å². The summed E-state index contributed by atoms with van der Waals surface area (Å²) >= 11 is 0. The summed E-state index contributed by atoms with van der Waals surface area (Å²) in [4.78, 5) is 58.4. The Hall–Kier alpha value is -4.53. The van der Waals surface area contributed by atoms with Gasteiger partial charge in [-0.3, -0.25) is 14.4 Å². The van der Waals surface area contributed by atoms with Crippen LogP contribution in [0.1, 0.15) is 131 Å². The molecule has 4 aliphatic rings. The first-order valence-electron chi connectivity index (χ1n) is 25.9. The molecule has 6 N–H and O–H groups in total. The van der Waals surface area contributed by atoms with Crippen LogP contribution >= 0.6 is 0 Å². The largest absolute Gasteiger partial charge is 0.461 e. The van der Waals surface area contributed by atoms with Crippen LogP contribution in [0.3, 0.4) is 0 Å². The van der Waals surface area contributed by atoms with E-state index in [1.54, 1.807) is 39.2 Å². The number of hydrogen-bond donors (Lipinski definition) is 5. The number of esters is 1. The number of nitrogens with two attached hydrogens (primary N) is 1. The molecule has 3 aliphatic heterocycles. The highest BCUT2D eigenvalue weighted by atomic mass is 16.6. The van der Waals surface area contributed by atoms with Crippen molar-refractivity contribution < 1.29 is 53.4 Å². The number of nitriles is 1. The molecule has 1 aliphatic carbocycles. The van der Waals surface area contributed by atoms with E-state index in [2.05, 4.69) is 11.4 Å². The van der Waals surface area contributed by atoms with Crippen molar-refractivity contribution >= 4 is 29.1 Å². The minimum atomic E-state index is -2.45. The van der Waals surface area contributed by atoms with E-state index in [1.807, 2.05) is 70.2 Å². The Balaban J connectivity index is 1.48. The van der Waals surface area contributed by atoms with Crippen LogP contribution in [0.15, 0.2) is 71.9 Å². The van der Waals surface area contributed by atoms with Gasteiger partial charge in [-0.2, -0.15) is 5.26 Å². The van der Waals surface area contributed by atoms with Crippen LogP contribution in [-0.2, 0) is 38.1 Å². The molecule has 71 heavy (non-hydrogen) atoms. The predicted molar refractivity (Wildman–Crippen MR) is 271 cm³/mol. The molecule has 15 heteroatoms. The number of cyclic esters (lactones) is 1. The zero-order valence-electron chi connectivity index (χ0n) is 43.3. The molecule has 1 aromatic carbocycles. The molecular formula is C56H82N4O11. The summed E-state index contributed by atoms with van der Waals surface area (Å²) in [5.74, 6) is -6.56. The van der Waals surface area contributed by atoms with Gasteiger partial charge in [0.25, 0.3) is 11.7 Å². The second-order valence-corrected chi connectivity index (χ2v) is 21.0. The number of carbonyl (C=O) groups is 4. The Morgan fingerprint density at radius 2 is 1.63 bits per heavy atom. The number of nitrogens with zero attached hydrogens (tertiary/aromatic N) is 2. The van der Waals surface area contributed by atoms with Gasteiger partial charge < -0.3 is 50.2 Å². The lowest BCUT2D eigenvalue weighted by Gasteiger charge is -2.43. The van der Waals surface area contributed by atoms with E-state index in [0.717, 1.165) is 17.7 Å². The van der Waals surface area contributed by atoms with E-state index in [1.165, 1.54) is 12.0 Å². The Bertz CT molecular complexity index is 2120. The Kier molecular flexibility index (Phi) is 21.8. The summed E-state index contributed by atoms with van der Waals surface area (Å²) in [7, 11) is 3.00. The third kappa shape index (κ3) is 15.5. The van der Waals surface area contributed by atoms with Crippen LogP contribution in [0, 0.1) is 40.9 Å². The lowest BCUT2D eigenvalue weighted by Crippen LogP contribution is -2.61. The maximum atomic E-state index is 14.5. The average Bonchev–Trinajstić information content (AvgIpc) is 3.35. The van der Waals surface area contributed by atoms with Crippen molar-refractivity contribution in [3.63, 3.8) is 0 Å². The third-order valence-electron chi connectivity index (χ3n) is 15.5. The van der Waals surface area contributed by atoms with Crippen molar-refractivity contribution in [1.82, 2.24) is 4.90 Å². The van der Waals surface area contributed by atoms with Gasteiger partial charge in [0, 0.05) is 50.4 Å². The van der Waals surface area contributed by atoms with Crippen LogP contribution in [0.2, 0.25) is 0 Å². The Labute approximate surface area is 421 Å². The number of methoxy groups -OCH3 is 2. The second kappa shape index (κ2) is 27.0. The molecule has 3 fully saturated rings. The van der Waals surface area contributed by atoms with E-state index in [0.29, 0.717) is 81.8 Å². The van der Waals surface area contributed by atoms with Crippen LogP contribution < -0.4 is 11.1 Å².